The summed E-state index contributed by atoms with van der Waals surface area (Å²) in [4.78, 5) is 24.1. The fourth-order valence-corrected chi connectivity index (χ4v) is 2.26. The van der Waals surface area contributed by atoms with Crippen LogP contribution in [0.2, 0.25) is 0 Å². The Morgan fingerprint density at radius 3 is 2.60 bits per heavy atom. The van der Waals surface area contributed by atoms with Crippen LogP contribution < -0.4 is 22.3 Å². The van der Waals surface area contributed by atoms with E-state index in [0.717, 1.165) is 17.4 Å². The summed E-state index contributed by atoms with van der Waals surface area (Å²) < 4.78 is 2.55. The number of nitrogen functional groups attached to an aromatic ring is 1. The lowest BCUT2D eigenvalue weighted by Gasteiger charge is -2.16. The highest BCUT2D eigenvalue weighted by Crippen LogP contribution is 2.13. The minimum Gasteiger partial charge on any atom is -0.383 e. The zero-order valence-electron chi connectivity index (χ0n) is 12.6. The summed E-state index contributed by atoms with van der Waals surface area (Å²) in [5.74, 6) is 0.233. The topological polar surface area (TPSA) is 82.0 Å². The maximum atomic E-state index is 12.1. The second kappa shape index (κ2) is 7.42. The Hall–Kier alpha value is -1.37. The molecule has 0 amide bonds. The van der Waals surface area contributed by atoms with Gasteiger partial charge in [-0.15, -0.1) is 0 Å². The average Bonchev–Trinajstić information content (AvgIpc) is 2.44. The van der Waals surface area contributed by atoms with Gasteiger partial charge in [0.05, 0.1) is 0 Å². The molecule has 0 saturated heterocycles. The molecule has 1 aromatic rings. The van der Waals surface area contributed by atoms with Gasteiger partial charge in [-0.1, -0.05) is 13.8 Å². The van der Waals surface area contributed by atoms with Crippen molar-refractivity contribution in [2.75, 3.05) is 23.9 Å². The molecule has 6 nitrogen and oxygen atoms in total. The van der Waals surface area contributed by atoms with Gasteiger partial charge in [0.25, 0.3) is 5.56 Å². The third-order valence-corrected chi connectivity index (χ3v) is 4.33. The molecule has 0 aliphatic heterocycles. The van der Waals surface area contributed by atoms with Gasteiger partial charge in [-0.3, -0.25) is 13.9 Å². The summed E-state index contributed by atoms with van der Waals surface area (Å²) >= 11 is 1.78. The molecule has 0 bridgehead atoms. The van der Waals surface area contributed by atoms with Crippen molar-refractivity contribution in [2.24, 2.45) is 7.05 Å². The fourth-order valence-electron chi connectivity index (χ4n) is 1.91. The molecule has 0 radical (unpaired) electrons. The first-order valence-electron chi connectivity index (χ1n) is 6.80. The zero-order chi connectivity index (χ0) is 15.3. The van der Waals surface area contributed by atoms with Gasteiger partial charge in [-0.05, 0) is 19.1 Å². The number of anilines is 2. The van der Waals surface area contributed by atoms with E-state index in [2.05, 4.69) is 18.5 Å². The van der Waals surface area contributed by atoms with Crippen molar-refractivity contribution in [1.29, 1.82) is 0 Å². The maximum absolute atomic E-state index is 12.1. The van der Waals surface area contributed by atoms with Crippen LogP contribution in [0.4, 0.5) is 11.5 Å². The van der Waals surface area contributed by atoms with Crippen molar-refractivity contribution in [3.63, 3.8) is 0 Å². The van der Waals surface area contributed by atoms with Crippen LogP contribution >= 0.6 is 11.8 Å². The second-order valence-corrected chi connectivity index (χ2v) is 6.10. The van der Waals surface area contributed by atoms with E-state index in [-0.39, 0.29) is 17.1 Å². The molecule has 114 valence electrons. The van der Waals surface area contributed by atoms with Gasteiger partial charge in [0.15, 0.2) is 0 Å². The molecule has 7 heteroatoms. The monoisotopic (exact) mass is 300 g/mol. The Morgan fingerprint density at radius 1 is 1.40 bits per heavy atom. The van der Waals surface area contributed by atoms with Crippen molar-refractivity contribution in [1.82, 2.24) is 9.13 Å². The van der Waals surface area contributed by atoms with E-state index in [4.69, 9.17) is 5.73 Å². The number of rotatable bonds is 7. The molecule has 1 rings (SSSR count). The average molecular weight is 300 g/mol. The van der Waals surface area contributed by atoms with E-state index in [1.807, 2.05) is 6.92 Å². The number of thioether (sulfide) groups is 1. The lowest BCUT2D eigenvalue weighted by Crippen LogP contribution is -2.40. The summed E-state index contributed by atoms with van der Waals surface area (Å²) in [6.45, 7) is 5.26. The van der Waals surface area contributed by atoms with Crippen LogP contribution in [-0.4, -0.2) is 27.2 Å². The van der Waals surface area contributed by atoms with Crippen molar-refractivity contribution in [2.45, 2.75) is 38.5 Å². The molecule has 1 unspecified atom stereocenters. The number of aromatic nitrogens is 2. The Labute approximate surface area is 123 Å². The van der Waals surface area contributed by atoms with Crippen molar-refractivity contribution >= 4 is 23.3 Å². The number of hydrogen-bond donors (Lipinski definition) is 2. The largest absolute Gasteiger partial charge is 0.383 e. The predicted molar refractivity (Wildman–Crippen MR) is 86.7 cm³/mol. The van der Waals surface area contributed by atoms with Gasteiger partial charge in [-0.25, -0.2) is 4.79 Å². The van der Waals surface area contributed by atoms with Crippen molar-refractivity contribution in [3.05, 3.63) is 20.8 Å². The molecule has 0 aliphatic rings. The standard InChI is InChI=1S/C13H24N4O2S/c1-5-8-17-11(14)10(12(18)16(3)13(17)19)15-7-6-9(2)20-4/h9,15H,5-8,14H2,1-4H3. The molecular weight excluding hydrogens is 276 g/mol. The van der Waals surface area contributed by atoms with Gasteiger partial charge in [0.2, 0.25) is 0 Å². The van der Waals surface area contributed by atoms with Crippen molar-refractivity contribution < 1.29 is 0 Å². The highest BCUT2D eigenvalue weighted by Gasteiger charge is 2.14. The van der Waals surface area contributed by atoms with E-state index < -0.39 is 0 Å². The maximum Gasteiger partial charge on any atom is 0.332 e. The van der Waals surface area contributed by atoms with Crippen LogP contribution in [-0.2, 0) is 13.6 Å². The van der Waals surface area contributed by atoms with Gasteiger partial charge in [-0.2, -0.15) is 11.8 Å². The van der Waals surface area contributed by atoms with Crippen LogP contribution in [0.25, 0.3) is 0 Å². The third kappa shape index (κ3) is 3.59. The number of nitrogens with two attached hydrogens (primary N) is 1. The molecule has 0 saturated carbocycles. The van der Waals surface area contributed by atoms with Gasteiger partial charge >= 0.3 is 5.69 Å². The Balaban J connectivity index is 3.07. The quantitative estimate of drug-likeness (QED) is 0.788. The smallest absolute Gasteiger partial charge is 0.332 e. The van der Waals surface area contributed by atoms with Crippen LogP contribution in [0, 0.1) is 0 Å². The minimum absolute atomic E-state index is 0.233. The third-order valence-electron chi connectivity index (χ3n) is 3.29. The van der Waals surface area contributed by atoms with Crippen LogP contribution in [0.3, 0.4) is 0 Å². The molecule has 1 heterocycles. The number of nitrogens with zero attached hydrogens (tertiary/aromatic N) is 2. The molecule has 1 aromatic heterocycles. The molecule has 0 fully saturated rings. The first-order valence-corrected chi connectivity index (χ1v) is 8.08. The van der Waals surface area contributed by atoms with Crippen LogP contribution in [0.15, 0.2) is 9.59 Å². The predicted octanol–water partition coefficient (Wildman–Crippen LogP) is 1.09. The Bertz CT molecular complexity index is 565. The molecule has 20 heavy (non-hydrogen) atoms. The van der Waals surface area contributed by atoms with E-state index in [1.165, 1.54) is 11.6 Å². The zero-order valence-corrected chi connectivity index (χ0v) is 13.4. The van der Waals surface area contributed by atoms with E-state index in [1.54, 1.807) is 11.8 Å². The first kappa shape index (κ1) is 16.7. The summed E-state index contributed by atoms with van der Waals surface area (Å²) in [5.41, 5.74) is 5.57. The van der Waals surface area contributed by atoms with Crippen LogP contribution in [0.5, 0.6) is 0 Å². The summed E-state index contributed by atoms with van der Waals surface area (Å²) in [5, 5.41) is 3.59. The second-order valence-electron chi connectivity index (χ2n) is 4.82. The number of hydrogen-bond acceptors (Lipinski definition) is 5. The van der Waals surface area contributed by atoms with E-state index in [9.17, 15) is 9.59 Å². The van der Waals surface area contributed by atoms with E-state index in [0.29, 0.717) is 24.0 Å². The fraction of sp³-hybridized carbons (Fsp3) is 0.692. The Kier molecular flexibility index (Phi) is 6.19. The molecule has 1 atom stereocenters. The summed E-state index contributed by atoms with van der Waals surface area (Å²) in [6, 6.07) is 0. The first-order chi connectivity index (χ1) is 9.43. The molecule has 0 aliphatic carbocycles. The SMILES string of the molecule is CCCn1c(N)c(NCCC(C)SC)c(=O)n(C)c1=O. The van der Waals surface area contributed by atoms with Crippen molar-refractivity contribution in [3.8, 4) is 0 Å². The molecule has 0 aromatic carbocycles. The lowest BCUT2D eigenvalue weighted by molar-refractivity contribution is 0.600. The number of nitrogens with one attached hydrogen (secondary N) is 1. The summed E-state index contributed by atoms with van der Waals surface area (Å²) in [7, 11) is 1.48. The van der Waals surface area contributed by atoms with Gasteiger partial charge in [0.1, 0.15) is 11.5 Å². The molecular formula is C13H24N4O2S. The molecule has 0 spiro atoms. The molecule has 3 N–H and O–H groups in total. The van der Waals surface area contributed by atoms with Gasteiger partial charge < -0.3 is 11.1 Å². The highest BCUT2D eigenvalue weighted by atomic mass is 32.2. The Morgan fingerprint density at radius 2 is 2.05 bits per heavy atom. The normalized spacial score (nSPS) is 12.4. The highest BCUT2D eigenvalue weighted by molar-refractivity contribution is 7.99. The van der Waals surface area contributed by atoms with E-state index >= 15 is 0 Å². The lowest BCUT2D eigenvalue weighted by atomic mass is 10.3. The van der Waals surface area contributed by atoms with Crippen LogP contribution in [0.1, 0.15) is 26.7 Å². The summed E-state index contributed by atoms with van der Waals surface area (Å²) in [6.07, 6.45) is 3.77. The van der Waals surface area contributed by atoms with Gasteiger partial charge in [0, 0.05) is 25.4 Å². The minimum atomic E-state index is -0.364.